The van der Waals surface area contributed by atoms with Crippen LogP contribution in [0.5, 0.6) is 5.75 Å². The summed E-state index contributed by atoms with van der Waals surface area (Å²) in [7, 11) is 2.14. The van der Waals surface area contributed by atoms with Crippen LogP contribution in [0.25, 0.3) is 0 Å². The lowest BCUT2D eigenvalue weighted by Gasteiger charge is -2.29. The Balaban J connectivity index is 1.49. The van der Waals surface area contributed by atoms with E-state index in [1.165, 1.54) is 6.42 Å². The number of nitrogens with zero attached hydrogens (tertiary/aromatic N) is 2. The van der Waals surface area contributed by atoms with Crippen molar-refractivity contribution < 1.29 is 14.3 Å². The van der Waals surface area contributed by atoms with Gasteiger partial charge in [0.05, 0.1) is 13.2 Å². The van der Waals surface area contributed by atoms with Gasteiger partial charge in [-0.3, -0.25) is 14.5 Å². The lowest BCUT2D eigenvalue weighted by Crippen LogP contribution is -2.39. The maximum Gasteiger partial charge on any atom is 0.251 e. The maximum absolute atomic E-state index is 13.0. The predicted molar refractivity (Wildman–Crippen MR) is 142 cm³/mol. The number of fused-ring (bicyclic) bond motifs is 1. The number of nitrogens with one attached hydrogen (secondary N) is 2. The highest BCUT2D eigenvalue weighted by atomic mass is 16.5. The maximum atomic E-state index is 13.0. The zero-order valence-corrected chi connectivity index (χ0v) is 21.5. The quantitative estimate of drug-likeness (QED) is 0.669. The van der Waals surface area contributed by atoms with Crippen molar-refractivity contribution in [3.05, 3.63) is 65.2 Å². The third-order valence-electron chi connectivity index (χ3n) is 7.01. The van der Waals surface area contributed by atoms with Gasteiger partial charge < -0.3 is 20.3 Å². The van der Waals surface area contributed by atoms with Crippen molar-refractivity contribution in [3.63, 3.8) is 0 Å². The number of likely N-dealkylation sites (tertiary alicyclic amines) is 1. The molecule has 2 aliphatic rings. The summed E-state index contributed by atoms with van der Waals surface area (Å²) in [5.41, 5.74) is 2.76. The fraction of sp³-hybridized carbons (Fsp3) is 0.517. The molecule has 4 rings (SSSR count). The normalized spacial score (nSPS) is 20.6. The van der Waals surface area contributed by atoms with Crippen molar-refractivity contribution in [1.29, 1.82) is 0 Å². The van der Waals surface area contributed by atoms with E-state index in [4.69, 9.17) is 4.74 Å². The topological polar surface area (TPSA) is 73.9 Å². The molecule has 0 saturated carbocycles. The van der Waals surface area contributed by atoms with Crippen LogP contribution >= 0.6 is 0 Å². The molecule has 36 heavy (non-hydrogen) atoms. The molecule has 1 saturated heterocycles. The van der Waals surface area contributed by atoms with Gasteiger partial charge in [-0.05, 0) is 69.3 Å². The Morgan fingerprint density at radius 1 is 1.08 bits per heavy atom. The molecule has 1 atom stereocenters. The van der Waals surface area contributed by atoms with Gasteiger partial charge in [0, 0.05) is 43.9 Å². The van der Waals surface area contributed by atoms with Crippen LogP contribution in [-0.2, 0) is 17.9 Å². The summed E-state index contributed by atoms with van der Waals surface area (Å²) < 4.78 is 6.21. The molecule has 2 aromatic carbocycles. The van der Waals surface area contributed by atoms with Gasteiger partial charge >= 0.3 is 0 Å². The molecule has 2 aromatic rings. The van der Waals surface area contributed by atoms with E-state index >= 15 is 0 Å². The Morgan fingerprint density at radius 2 is 1.94 bits per heavy atom. The molecule has 0 radical (unpaired) electrons. The van der Waals surface area contributed by atoms with Crippen molar-refractivity contribution in [3.8, 4) is 5.75 Å². The molecule has 2 aliphatic heterocycles. The first-order valence-corrected chi connectivity index (χ1v) is 13.3. The summed E-state index contributed by atoms with van der Waals surface area (Å²) in [5, 5.41) is 6.19. The highest BCUT2D eigenvalue weighted by Crippen LogP contribution is 2.24. The standard InChI is InChI=1S/C29H40N4O3/c1-32-15-8-11-24(19-32)18-31-29(35)25-12-13-26-21-33(20-23-9-4-2-5-10-23)22-28(34)30-14-6-3-7-16-36-27(26)17-25/h2,4-5,9-10,12-13,17,24H,3,6-8,11,14-16,18-22H2,1H3,(H,30,34)(H,31,35). The zero-order chi connectivity index (χ0) is 25.2. The van der Waals surface area contributed by atoms with Crippen LogP contribution in [0.15, 0.2) is 48.5 Å². The van der Waals surface area contributed by atoms with Gasteiger partial charge in [0.1, 0.15) is 5.75 Å². The lowest BCUT2D eigenvalue weighted by atomic mass is 9.98. The molecule has 1 fully saturated rings. The van der Waals surface area contributed by atoms with Crippen LogP contribution in [0.1, 0.15) is 53.6 Å². The number of piperidine rings is 1. The van der Waals surface area contributed by atoms with Gasteiger partial charge in [-0.1, -0.05) is 36.4 Å². The second-order valence-corrected chi connectivity index (χ2v) is 10.2. The number of benzene rings is 2. The van der Waals surface area contributed by atoms with E-state index in [9.17, 15) is 9.59 Å². The molecule has 0 spiro atoms. The Hall–Kier alpha value is -2.90. The first-order chi connectivity index (χ1) is 17.6. The smallest absolute Gasteiger partial charge is 0.251 e. The lowest BCUT2D eigenvalue weighted by molar-refractivity contribution is -0.122. The monoisotopic (exact) mass is 492 g/mol. The second kappa shape index (κ2) is 13.4. The molecule has 7 heteroatoms. The van der Waals surface area contributed by atoms with Crippen molar-refractivity contribution in [2.45, 2.75) is 45.2 Å². The minimum absolute atomic E-state index is 0.0389. The van der Waals surface area contributed by atoms with Gasteiger partial charge in [0.15, 0.2) is 0 Å². The summed E-state index contributed by atoms with van der Waals surface area (Å²) >= 11 is 0. The van der Waals surface area contributed by atoms with E-state index in [1.807, 2.05) is 36.4 Å². The first-order valence-electron chi connectivity index (χ1n) is 13.3. The fourth-order valence-electron chi connectivity index (χ4n) is 5.06. The number of ether oxygens (including phenoxy) is 1. The number of hydrogen-bond acceptors (Lipinski definition) is 5. The van der Waals surface area contributed by atoms with Crippen LogP contribution in [-0.4, -0.2) is 68.0 Å². The van der Waals surface area contributed by atoms with Crippen molar-refractivity contribution >= 4 is 11.8 Å². The van der Waals surface area contributed by atoms with E-state index < -0.39 is 0 Å². The molecule has 1 unspecified atom stereocenters. The van der Waals surface area contributed by atoms with Crippen molar-refractivity contribution in [2.24, 2.45) is 5.92 Å². The number of amides is 2. The average Bonchev–Trinajstić information content (AvgIpc) is 2.89. The zero-order valence-electron chi connectivity index (χ0n) is 21.5. The average molecular weight is 493 g/mol. The third kappa shape index (κ3) is 8.07. The first kappa shape index (κ1) is 26.2. The molecule has 2 N–H and O–H groups in total. The highest BCUT2D eigenvalue weighted by Gasteiger charge is 2.20. The minimum Gasteiger partial charge on any atom is -0.493 e. The molecular formula is C29H40N4O3. The molecule has 7 nitrogen and oxygen atoms in total. The highest BCUT2D eigenvalue weighted by molar-refractivity contribution is 5.94. The Labute approximate surface area is 215 Å². The number of carbonyl (C=O) groups excluding carboxylic acids is 2. The van der Waals surface area contributed by atoms with E-state index in [1.54, 1.807) is 0 Å². The summed E-state index contributed by atoms with van der Waals surface area (Å²) in [5.74, 6) is 1.21. The van der Waals surface area contributed by atoms with Gasteiger partial charge in [-0.2, -0.15) is 0 Å². The Morgan fingerprint density at radius 3 is 2.78 bits per heavy atom. The number of carbonyl (C=O) groups is 2. The minimum atomic E-state index is -0.0573. The summed E-state index contributed by atoms with van der Waals surface area (Å²) in [6, 6.07) is 15.9. The van der Waals surface area contributed by atoms with Gasteiger partial charge in [-0.15, -0.1) is 0 Å². The molecule has 2 amide bonds. The van der Waals surface area contributed by atoms with Crippen LogP contribution < -0.4 is 15.4 Å². The summed E-state index contributed by atoms with van der Waals surface area (Å²) in [4.78, 5) is 30.1. The van der Waals surface area contributed by atoms with E-state index in [2.05, 4.69) is 39.6 Å². The molecule has 0 aromatic heterocycles. The summed E-state index contributed by atoms with van der Waals surface area (Å²) in [6.45, 7) is 5.67. The Kier molecular flexibility index (Phi) is 9.76. The molecule has 194 valence electrons. The van der Waals surface area contributed by atoms with Crippen molar-refractivity contribution in [2.75, 3.05) is 46.4 Å². The van der Waals surface area contributed by atoms with Gasteiger partial charge in [0.2, 0.25) is 5.91 Å². The van der Waals surface area contributed by atoms with E-state index in [0.29, 0.717) is 50.8 Å². The van der Waals surface area contributed by atoms with Gasteiger partial charge in [-0.25, -0.2) is 0 Å². The molecule has 0 aliphatic carbocycles. The molecule has 2 heterocycles. The molecule has 0 bridgehead atoms. The largest absolute Gasteiger partial charge is 0.493 e. The van der Waals surface area contributed by atoms with Crippen LogP contribution in [0.2, 0.25) is 0 Å². The van der Waals surface area contributed by atoms with Crippen LogP contribution in [0, 0.1) is 5.92 Å². The Bertz CT molecular complexity index is 997. The predicted octanol–water partition coefficient (Wildman–Crippen LogP) is 3.44. The van der Waals surface area contributed by atoms with E-state index in [0.717, 1.165) is 55.6 Å². The van der Waals surface area contributed by atoms with Gasteiger partial charge in [0.25, 0.3) is 5.91 Å². The number of rotatable bonds is 5. The second-order valence-electron chi connectivity index (χ2n) is 10.2. The fourth-order valence-corrected chi connectivity index (χ4v) is 5.06. The number of hydrogen-bond donors (Lipinski definition) is 2. The van der Waals surface area contributed by atoms with E-state index in [-0.39, 0.29) is 11.8 Å². The summed E-state index contributed by atoms with van der Waals surface area (Å²) in [6.07, 6.45) is 5.16. The van der Waals surface area contributed by atoms with Crippen LogP contribution in [0.3, 0.4) is 0 Å². The SMILES string of the molecule is CN1CCCC(CNC(=O)c2ccc3c(c2)OCCCCCNC(=O)CN(Cc2ccccc2)C3)C1. The molecular weight excluding hydrogens is 452 g/mol. The van der Waals surface area contributed by atoms with Crippen molar-refractivity contribution in [1.82, 2.24) is 20.4 Å². The van der Waals surface area contributed by atoms with Crippen LogP contribution in [0.4, 0.5) is 0 Å². The third-order valence-corrected chi connectivity index (χ3v) is 7.01.